The van der Waals surface area contributed by atoms with Gasteiger partial charge in [-0.1, -0.05) is 140 Å². The summed E-state index contributed by atoms with van der Waals surface area (Å²) < 4.78 is 8.91. The molecule has 0 radical (unpaired) electrons. The summed E-state index contributed by atoms with van der Waals surface area (Å²) in [6, 6.07) is 61.2. The van der Waals surface area contributed by atoms with Gasteiger partial charge in [-0.3, -0.25) is 0 Å². The van der Waals surface area contributed by atoms with Gasteiger partial charge in [0.1, 0.15) is 11.2 Å². The van der Waals surface area contributed by atoms with Crippen molar-refractivity contribution in [3.05, 3.63) is 199 Å². The Morgan fingerprint density at radius 1 is 0.500 bits per heavy atom. The molecule has 56 heavy (non-hydrogen) atoms. The number of rotatable bonds is 6. The molecule has 0 spiro atoms. The maximum Gasteiger partial charge on any atom is 0.164 e. The van der Waals surface area contributed by atoms with Gasteiger partial charge >= 0.3 is 0 Å². The number of fused-ring (bicyclic) bond motifs is 6. The van der Waals surface area contributed by atoms with Crippen molar-refractivity contribution in [1.82, 2.24) is 19.5 Å². The fourth-order valence-corrected chi connectivity index (χ4v) is 8.37. The second kappa shape index (κ2) is 13.2. The second-order valence-corrected chi connectivity index (χ2v) is 14.4. The van der Waals surface area contributed by atoms with Crippen LogP contribution in [-0.4, -0.2) is 19.5 Å². The molecule has 5 heteroatoms. The molecule has 0 saturated carbocycles. The normalized spacial score (nSPS) is 13.8. The molecule has 0 fully saturated rings. The zero-order valence-electron chi connectivity index (χ0n) is 30.4. The van der Waals surface area contributed by atoms with E-state index in [0.717, 1.165) is 56.2 Å². The van der Waals surface area contributed by atoms with E-state index in [0.29, 0.717) is 17.5 Å². The van der Waals surface area contributed by atoms with E-state index in [2.05, 4.69) is 132 Å². The summed E-state index contributed by atoms with van der Waals surface area (Å²) in [5.41, 5.74) is 13.1. The van der Waals surface area contributed by atoms with E-state index in [1.54, 1.807) is 0 Å². The number of aromatic nitrogens is 4. The second-order valence-electron chi connectivity index (χ2n) is 14.4. The van der Waals surface area contributed by atoms with E-state index in [9.17, 15) is 0 Å². The van der Waals surface area contributed by atoms with E-state index >= 15 is 0 Å². The lowest BCUT2D eigenvalue weighted by molar-refractivity contribution is 0.668. The van der Waals surface area contributed by atoms with Gasteiger partial charge < -0.3 is 8.98 Å². The van der Waals surface area contributed by atoms with Crippen LogP contribution in [0.5, 0.6) is 0 Å². The van der Waals surface area contributed by atoms with E-state index in [-0.39, 0.29) is 5.92 Å². The Morgan fingerprint density at radius 3 is 1.88 bits per heavy atom. The Morgan fingerprint density at radius 2 is 1.12 bits per heavy atom. The van der Waals surface area contributed by atoms with Gasteiger partial charge in [0, 0.05) is 50.1 Å². The summed E-state index contributed by atoms with van der Waals surface area (Å²) in [7, 11) is 0. The van der Waals surface area contributed by atoms with Crippen LogP contribution in [0, 0.1) is 0 Å². The smallest absolute Gasteiger partial charge is 0.164 e. The van der Waals surface area contributed by atoms with Crippen molar-refractivity contribution in [3.63, 3.8) is 0 Å². The number of furan rings is 1. The predicted molar refractivity (Wildman–Crippen MR) is 228 cm³/mol. The van der Waals surface area contributed by atoms with Crippen molar-refractivity contribution in [2.45, 2.75) is 12.3 Å². The highest BCUT2D eigenvalue weighted by Gasteiger charge is 2.24. The SMILES string of the molecule is C1=CC(c2ccc3oc4cccc(-c5cccc(-c6nc(-c7ccccc7)nc(-c7ccccc7)n6)c5)c4c3c2)Cc2c1n(-c1ccccc1)c1ccccc21. The van der Waals surface area contributed by atoms with E-state index in [4.69, 9.17) is 19.4 Å². The van der Waals surface area contributed by atoms with Crippen molar-refractivity contribution < 1.29 is 4.42 Å². The Kier molecular flexibility index (Phi) is 7.56. The number of allylic oxidation sites excluding steroid dienone is 1. The molecule has 1 unspecified atom stereocenters. The van der Waals surface area contributed by atoms with Gasteiger partial charge in [-0.05, 0) is 77.2 Å². The maximum atomic E-state index is 6.51. The quantitative estimate of drug-likeness (QED) is 0.172. The highest BCUT2D eigenvalue weighted by atomic mass is 16.3. The first-order valence-electron chi connectivity index (χ1n) is 19.0. The third-order valence-electron chi connectivity index (χ3n) is 11.0. The lowest BCUT2D eigenvalue weighted by atomic mass is 9.86. The van der Waals surface area contributed by atoms with Crippen LogP contribution in [0.2, 0.25) is 0 Å². The van der Waals surface area contributed by atoms with Gasteiger partial charge in [0.2, 0.25) is 0 Å². The topological polar surface area (TPSA) is 56.7 Å². The minimum absolute atomic E-state index is 0.226. The molecule has 1 atom stereocenters. The average Bonchev–Trinajstić information content (AvgIpc) is 3.82. The zero-order valence-corrected chi connectivity index (χ0v) is 30.4. The first-order valence-corrected chi connectivity index (χ1v) is 19.0. The van der Waals surface area contributed by atoms with Crippen LogP contribution in [0.4, 0.5) is 0 Å². The van der Waals surface area contributed by atoms with E-state index in [1.807, 2.05) is 60.7 Å². The third kappa shape index (κ3) is 5.44. The highest BCUT2D eigenvalue weighted by Crippen LogP contribution is 2.42. The van der Waals surface area contributed by atoms with Gasteiger partial charge in [-0.2, -0.15) is 0 Å². The molecule has 1 aliphatic rings. The summed E-state index contributed by atoms with van der Waals surface area (Å²) in [4.78, 5) is 14.9. The third-order valence-corrected chi connectivity index (χ3v) is 11.0. The Labute approximate surface area is 323 Å². The summed E-state index contributed by atoms with van der Waals surface area (Å²) in [5.74, 6) is 2.14. The minimum atomic E-state index is 0.226. The van der Waals surface area contributed by atoms with Gasteiger partial charge in [0.15, 0.2) is 17.5 Å². The van der Waals surface area contributed by atoms with Gasteiger partial charge in [0.25, 0.3) is 0 Å². The molecule has 0 aliphatic heterocycles. The van der Waals surface area contributed by atoms with Crippen LogP contribution in [0.15, 0.2) is 186 Å². The Hall–Kier alpha value is -7.37. The number of benzene rings is 7. The molecule has 264 valence electrons. The molecule has 0 saturated heterocycles. The fraction of sp³-hybridized carbons (Fsp3) is 0.0392. The molecule has 0 bridgehead atoms. The standard InChI is InChI=1S/C51H34N4O/c1-4-14-33(15-5-1)49-52-50(34-16-6-2-7-17-34)54-51(53-49)38-19-12-18-37(30-38)40-23-13-25-47-48(40)43-32-36(27-29-46(43)56-47)35-26-28-45-42(31-35)41-22-10-11-24-44(41)55(45)39-20-8-3-9-21-39/h1-30,32,35H,31H2. The number of para-hydroxylation sites is 2. The molecule has 10 aromatic rings. The van der Waals surface area contributed by atoms with Crippen LogP contribution >= 0.6 is 0 Å². The van der Waals surface area contributed by atoms with Crippen LogP contribution in [0.1, 0.15) is 22.7 Å². The molecule has 0 N–H and O–H groups in total. The zero-order chi connectivity index (χ0) is 37.0. The van der Waals surface area contributed by atoms with Gasteiger partial charge in [-0.15, -0.1) is 0 Å². The molecule has 1 aliphatic carbocycles. The Balaban J connectivity index is 1.00. The van der Waals surface area contributed by atoms with E-state index < -0.39 is 0 Å². The van der Waals surface area contributed by atoms with Gasteiger partial charge in [0.05, 0.1) is 5.52 Å². The largest absolute Gasteiger partial charge is 0.456 e. The summed E-state index contributed by atoms with van der Waals surface area (Å²) >= 11 is 0. The summed E-state index contributed by atoms with van der Waals surface area (Å²) in [6.07, 6.45) is 5.61. The first kappa shape index (κ1) is 32.1. The summed E-state index contributed by atoms with van der Waals surface area (Å²) in [5, 5.41) is 3.53. The number of hydrogen-bond acceptors (Lipinski definition) is 4. The first-order chi connectivity index (χ1) is 27.7. The van der Waals surface area contributed by atoms with Crippen molar-refractivity contribution in [1.29, 1.82) is 0 Å². The Bertz CT molecular complexity index is 3050. The predicted octanol–water partition coefficient (Wildman–Crippen LogP) is 12.7. The molecular formula is C51H34N4O. The van der Waals surface area contributed by atoms with Crippen molar-refractivity contribution in [2.24, 2.45) is 0 Å². The monoisotopic (exact) mass is 718 g/mol. The van der Waals surface area contributed by atoms with Crippen molar-refractivity contribution in [3.8, 4) is 51.0 Å². The van der Waals surface area contributed by atoms with Crippen LogP contribution in [0.25, 0.3) is 89.9 Å². The van der Waals surface area contributed by atoms with Crippen molar-refractivity contribution in [2.75, 3.05) is 0 Å². The fourth-order valence-electron chi connectivity index (χ4n) is 8.37. The number of hydrogen-bond donors (Lipinski definition) is 0. The van der Waals surface area contributed by atoms with Crippen LogP contribution in [-0.2, 0) is 6.42 Å². The van der Waals surface area contributed by atoms with Crippen LogP contribution in [0.3, 0.4) is 0 Å². The lowest BCUT2D eigenvalue weighted by Gasteiger charge is -2.19. The average molecular weight is 719 g/mol. The maximum absolute atomic E-state index is 6.51. The van der Waals surface area contributed by atoms with Gasteiger partial charge in [-0.25, -0.2) is 15.0 Å². The minimum Gasteiger partial charge on any atom is -0.456 e. The molecule has 3 heterocycles. The van der Waals surface area contributed by atoms with E-state index in [1.165, 1.54) is 33.4 Å². The molecule has 7 aromatic carbocycles. The summed E-state index contributed by atoms with van der Waals surface area (Å²) in [6.45, 7) is 0. The molecule has 11 rings (SSSR count). The molecule has 5 nitrogen and oxygen atoms in total. The molecular weight excluding hydrogens is 685 g/mol. The van der Waals surface area contributed by atoms with Crippen LogP contribution < -0.4 is 0 Å². The van der Waals surface area contributed by atoms with Crippen molar-refractivity contribution >= 4 is 38.9 Å². The molecule has 3 aromatic heterocycles. The lowest BCUT2D eigenvalue weighted by Crippen LogP contribution is -2.07. The number of nitrogens with zero attached hydrogens (tertiary/aromatic N) is 4. The highest BCUT2D eigenvalue weighted by molar-refractivity contribution is 6.12. The molecule has 0 amide bonds.